The van der Waals surface area contributed by atoms with Crippen molar-refractivity contribution in [3.8, 4) is 0 Å². The van der Waals surface area contributed by atoms with Crippen LogP contribution in [0.1, 0.15) is 18.7 Å². The van der Waals surface area contributed by atoms with Crippen LogP contribution < -0.4 is 5.32 Å². The maximum absolute atomic E-state index is 13.0. The minimum absolute atomic E-state index is 0.0818. The Morgan fingerprint density at radius 2 is 2.00 bits per heavy atom. The molecule has 3 aromatic rings. The Labute approximate surface area is 110 Å². The van der Waals surface area contributed by atoms with Gasteiger partial charge in [-0.25, -0.2) is 4.98 Å². The second kappa shape index (κ2) is 4.72. The molecule has 0 spiro atoms. The summed E-state index contributed by atoms with van der Waals surface area (Å²) in [6.07, 6.45) is 0. The molecule has 19 heavy (non-hydrogen) atoms. The van der Waals surface area contributed by atoms with Crippen LogP contribution in [0.5, 0.6) is 0 Å². The van der Waals surface area contributed by atoms with E-state index in [2.05, 4.69) is 10.3 Å². The van der Waals surface area contributed by atoms with Gasteiger partial charge in [-0.05, 0) is 31.2 Å². The van der Waals surface area contributed by atoms with Crippen molar-refractivity contribution in [2.75, 3.05) is 5.32 Å². The number of hydrogen-bond acceptors (Lipinski definition) is 3. The molecule has 0 saturated heterocycles. The van der Waals surface area contributed by atoms with Gasteiger partial charge in [0.25, 0.3) is 0 Å². The van der Waals surface area contributed by atoms with Gasteiger partial charge in [0.1, 0.15) is 17.2 Å². The molecule has 1 atom stereocenters. The third-order valence-electron chi connectivity index (χ3n) is 2.95. The normalized spacial score (nSPS) is 12.5. The molecule has 2 heterocycles. The van der Waals surface area contributed by atoms with Crippen molar-refractivity contribution in [1.29, 1.82) is 0 Å². The zero-order valence-electron chi connectivity index (χ0n) is 10.4. The maximum atomic E-state index is 13.0. The van der Waals surface area contributed by atoms with Gasteiger partial charge in [0, 0.05) is 5.39 Å². The van der Waals surface area contributed by atoms with Crippen LogP contribution in [0.15, 0.2) is 52.9 Å². The third-order valence-corrected chi connectivity index (χ3v) is 2.95. The van der Waals surface area contributed by atoms with Gasteiger partial charge < -0.3 is 9.73 Å². The monoisotopic (exact) mass is 256 g/mol. The highest BCUT2D eigenvalue weighted by Crippen LogP contribution is 2.25. The van der Waals surface area contributed by atoms with Gasteiger partial charge in [-0.1, -0.05) is 24.3 Å². The molecule has 0 radical (unpaired) electrons. The fourth-order valence-corrected chi connectivity index (χ4v) is 2.00. The van der Waals surface area contributed by atoms with Crippen molar-refractivity contribution in [3.05, 3.63) is 60.2 Å². The molecule has 0 aliphatic carbocycles. The van der Waals surface area contributed by atoms with E-state index in [0.717, 1.165) is 16.7 Å². The van der Waals surface area contributed by atoms with Crippen LogP contribution in [-0.4, -0.2) is 4.98 Å². The minimum Gasteiger partial charge on any atom is -0.459 e. The quantitative estimate of drug-likeness (QED) is 0.716. The van der Waals surface area contributed by atoms with Gasteiger partial charge >= 0.3 is 0 Å². The first-order valence-corrected chi connectivity index (χ1v) is 6.10. The number of rotatable bonds is 3. The van der Waals surface area contributed by atoms with Crippen LogP contribution in [-0.2, 0) is 0 Å². The predicted molar refractivity (Wildman–Crippen MR) is 72.4 cm³/mol. The lowest BCUT2D eigenvalue weighted by Crippen LogP contribution is -2.07. The smallest absolute Gasteiger partial charge is 0.214 e. The summed E-state index contributed by atoms with van der Waals surface area (Å²) in [5.41, 5.74) is 0.846. The molecular weight excluding hydrogens is 243 g/mol. The summed E-state index contributed by atoms with van der Waals surface area (Å²) < 4.78 is 18.8. The minimum atomic E-state index is -0.498. The van der Waals surface area contributed by atoms with Crippen LogP contribution >= 0.6 is 0 Å². The molecule has 0 unspecified atom stereocenters. The van der Waals surface area contributed by atoms with E-state index < -0.39 is 5.95 Å². The van der Waals surface area contributed by atoms with Crippen molar-refractivity contribution in [3.63, 3.8) is 0 Å². The second-order valence-electron chi connectivity index (χ2n) is 4.40. The van der Waals surface area contributed by atoms with E-state index in [4.69, 9.17) is 4.42 Å². The number of pyridine rings is 1. The van der Waals surface area contributed by atoms with Gasteiger partial charge in [0.05, 0.1) is 6.04 Å². The van der Waals surface area contributed by atoms with Crippen LogP contribution in [0.2, 0.25) is 0 Å². The van der Waals surface area contributed by atoms with Crippen LogP contribution in [0, 0.1) is 5.95 Å². The molecular formula is C15H13FN2O. The molecule has 0 saturated carbocycles. The van der Waals surface area contributed by atoms with Crippen molar-refractivity contribution in [1.82, 2.24) is 4.98 Å². The summed E-state index contributed by atoms with van der Waals surface area (Å²) in [5.74, 6) is 0.794. The van der Waals surface area contributed by atoms with Crippen molar-refractivity contribution in [2.45, 2.75) is 13.0 Å². The standard InChI is InChI=1S/C15H13FN2O/c1-10(17-15-8-4-7-14(16)18-15)13-9-11-5-2-3-6-12(11)19-13/h2-10H,1H3,(H,17,18)/t10-/m1/s1. The number of fused-ring (bicyclic) bond motifs is 1. The zero-order valence-corrected chi connectivity index (χ0v) is 10.4. The topological polar surface area (TPSA) is 38.1 Å². The molecule has 0 fully saturated rings. The lowest BCUT2D eigenvalue weighted by molar-refractivity contribution is 0.524. The Hall–Kier alpha value is -2.36. The molecule has 0 bridgehead atoms. The molecule has 0 aliphatic rings. The van der Waals surface area contributed by atoms with Gasteiger partial charge in [-0.15, -0.1) is 0 Å². The van der Waals surface area contributed by atoms with Gasteiger partial charge in [-0.2, -0.15) is 4.39 Å². The number of nitrogens with zero attached hydrogens (tertiary/aromatic N) is 1. The first-order valence-electron chi connectivity index (χ1n) is 6.10. The third kappa shape index (κ3) is 2.42. The summed E-state index contributed by atoms with van der Waals surface area (Å²) in [4.78, 5) is 3.77. The van der Waals surface area contributed by atoms with Crippen LogP contribution in [0.25, 0.3) is 11.0 Å². The Morgan fingerprint density at radius 1 is 1.16 bits per heavy atom. The van der Waals surface area contributed by atoms with Gasteiger partial charge in [0.2, 0.25) is 5.95 Å². The van der Waals surface area contributed by atoms with Crippen LogP contribution in [0.4, 0.5) is 10.2 Å². The number of furan rings is 1. The average molecular weight is 256 g/mol. The Morgan fingerprint density at radius 3 is 2.79 bits per heavy atom. The van der Waals surface area contributed by atoms with Crippen molar-refractivity contribution in [2.24, 2.45) is 0 Å². The Bertz CT molecular complexity index is 675. The van der Waals surface area contributed by atoms with Crippen molar-refractivity contribution < 1.29 is 8.81 Å². The summed E-state index contributed by atoms with van der Waals surface area (Å²) in [6.45, 7) is 1.95. The molecule has 3 rings (SSSR count). The lowest BCUT2D eigenvalue weighted by atomic mass is 10.2. The van der Waals surface area contributed by atoms with E-state index in [0.29, 0.717) is 5.82 Å². The van der Waals surface area contributed by atoms with Gasteiger partial charge in [-0.3, -0.25) is 0 Å². The molecule has 96 valence electrons. The largest absolute Gasteiger partial charge is 0.459 e. The highest BCUT2D eigenvalue weighted by atomic mass is 19.1. The average Bonchev–Trinajstić information content (AvgIpc) is 2.82. The number of nitrogens with one attached hydrogen (secondary N) is 1. The second-order valence-corrected chi connectivity index (χ2v) is 4.40. The molecule has 3 nitrogen and oxygen atoms in total. The number of aromatic nitrogens is 1. The number of hydrogen-bond donors (Lipinski definition) is 1. The molecule has 2 aromatic heterocycles. The zero-order chi connectivity index (χ0) is 13.2. The van der Waals surface area contributed by atoms with Crippen LogP contribution in [0.3, 0.4) is 0 Å². The summed E-state index contributed by atoms with van der Waals surface area (Å²) >= 11 is 0. The molecule has 1 aromatic carbocycles. The lowest BCUT2D eigenvalue weighted by Gasteiger charge is -2.11. The van der Waals surface area contributed by atoms with E-state index in [1.807, 2.05) is 37.3 Å². The fourth-order valence-electron chi connectivity index (χ4n) is 2.00. The molecule has 4 heteroatoms. The summed E-state index contributed by atoms with van der Waals surface area (Å²) in [7, 11) is 0. The van der Waals surface area contributed by atoms with E-state index in [1.54, 1.807) is 12.1 Å². The molecule has 0 aliphatic heterocycles. The first-order chi connectivity index (χ1) is 9.22. The highest BCUT2D eigenvalue weighted by Gasteiger charge is 2.11. The number of benzene rings is 1. The first kappa shape index (κ1) is 11.7. The summed E-state index contributed by atoms with van der Waals surface area (Å²) in [6, 6.07) is 14.4. The van der Waals surface area contributed by atoms with E-state index in [9.17, 15) is 4.39 Å². The van der Waals surface area contributed by atoms with Gasteiger partial charge in [0.15, 0.2) is 0 Å². The Kier molecular flexibility index (Phi) is 2.91. The van der Waals surface area contributed by atoms with E-state index in [-0.39, 0.29) is 6.04 Å². The maximum Gasteiger partial charge on any atom is 0.214 e. The Balaban J connectivity index is 1.85. The number of halogens is 1. The van der Waals surface area contributed by atoms with E-state index in [1.165, 1.54) is 6.07 Å². The highest BCUT2D eigenvalue weighted by molar-refractivity contribution is 5.77. The summed E-state index contributed by atoms with van der Waals surface area (Å²) in [5, 5.41) is 4.17. The molecule has 1 N–H and O–H groups in total. The van der Waals surface area contributed by atoms with E-state index >= 15 is 0 Å². The fraction of sp³-hybridized carbons (Fsp3) is 0.133. The predicted octanol–water partition coefficient (Wildman–Crippen LogP) is 4.14. The number of anilines is 1. The van der Waals surface area contributed by atoms with Crippen molar-refractivity contribution >= 4 is 16.8 Å². The SMILES string of the molecule is C[C@@H](Nc1cccc(F)n1)c1cc2ccccc2o1. The molecule has 0 amide bonds. The number of para-hydroxylation sites is 1.